The number of aromatic nitrogens is 4. The van der Waals surface area contributed by atoms with Gasteiger partial charge in [-0.25, -0.2) is 4.98 Å². The summed E-state index contributed by atoms with van der Waals surface area (Å²) in [5.74, 6) is 0. The number of nitrogens with zero attached hydrogens (tertiary/aromatic N) is 4. The fourth-order valence-electron chi connectivity index (χ4n) is 9.55. The number of hydrogen-bond acceptors (Lipinski definition) is 1. The Morgan fingerprint density at radius 1 is 0.327 bits per heavy atom. The Kier molecular flexibility index (Phi) is 5.60. The number of para-hydroxylation sites is 5. The molecule has 0 aliphatic heterocycles. The summed E-state index contributed by atoms with van der Waals surface area (Å²) in [5.41, 5.74) is 14.0. The molecule has 0 spiro atoms. The van der Waals surface area contributed by atoms with Gasteiger partial charge in [0.2, 0.25) is 0 Å². The molecule has 0 unspecified atom stereocenters. The third-order valence-corrected chi connectivity index (χ3v) is 11.9. The lowest BCUT2D eigenvalue weighted by Gasteiger charge is -2.10. The minimum absolute atomic E-state index is 1.01. The first kappa shape index (κ1) is 29.1. The van der Waals surface area contributed by atoms with Gasteiger partial charge in [0.05, 0.1) is 38.6 Å². The Bertz CT molecular complexity index is 3710. The third kappa shape index (κ3) is 3.87. The molecule has 0 aliphatic rings. The third-order valence-electron chi connectivity index (χ3n) is 11.9. The largest absolute Gasteiger partial charge is 0.309 e. The lowest BCUT2D eigenvalue weighted by Crippen LogP contribution is -1.94. The SMILES string of the molecule is c1ccc(-n2c3ccccc3c3cc(-c4ccc5c(c4)c4ccccc4n5-c4ccc5c(c4)c4cccc6c7cc8ccccc8nc7n5c46)ccc32)cc1. The topological polar surface area (TPSA) is 27.2 Å². The minimum atomic E-state index is 1.01. The van der Waals surface area contributed by atoms with Gasteiger partial charge in [-0.15, -0.1) is 0 Å². The highest BCUT2D eigenvalue weighted by Gasteiger charge is 2.21. The van der Waals surface area contributed by atoms with Crippen molar-refractivity contribution in [2.45, 2.75) is 0 Å². The number of fused-ring (bicyclic) bond motifs is 13. The van der Waals surface area contributed by atoms with E-state index in [9.17, 15) is 0 Å². The summed E-state index contributed by atoms with van der Waals surface area (Å²) >= 11 is 0. The van der Waals surface area contributed by atoms with E-state index in [1.807, 2.05) is 0 Å². The van der Waals surface area contributed by atoms with E-state index in [0.717, 1.165) is 16.9 Å². The fourth-order valence-corrected chi connectivity index (χ4v) is 9.55. The van der Waals surface area contributed by atoms with Crippen molar-refractivity contribution in [3.05, 3.63) is 182 Å². The molecular weight excluding hydrogens is 669 g/mol. The molecule has 0 radical (unpaired) electrons. The lowest BCUT2D eigenvalue weighted by atomic mass is 10.0. The fraction of sp³-hybridized carbons (Fsp3) is 0. The smallest absolute Gasteiger partial charge is 0.146 e. The standard InChI is InChI=1S/C51H30N4/c1-2-12-34(13-3-1)53-45-19-8-5-14-36(45)40-27-31(21-24-47(40)53)32-22-25-48-41(28-32)37-15-6-9-20-46(37)54(48)35-23-26-49-42(30-35)38-16-10-17-39-43-29-33-11-4-7-18-44(33)52-51(43)55(49)50(38)39/h1-30H. The average molecular weight is 699 g/mol. The zero-order chi connectivity index (χ0) is 35.8. The molecule has 13 aromatic rings. The highest BCUT2D eigenvalue weighted by atomic mass is 15.0. The summed E-state index contributed by atoms with van der Waals surface area (Å²) in [6.07, 6.45) is 0. The van der Waals surface area contributed by atoms with Gasteiger partial charge >= 0.3 is 0 Å². The molecule has 4 heteroatoms. The molecule has 5 heterocycles. The summed E-state index contributed by atoms with van der Waals surface area (Å²) in [6, 6.07) is 66.5. The first-order chi connectivity index (χ1) is 27.3. The van der Waals surface area contributed by atoms with Crippen LogP contribution in [0.3, 0.4) is 0 Å². The maximum atomic E-state index is 5.21. The van der Waals surface area contributed by atoms with E-state index in [2.05, 4.69) is 196 Å². The first-order valence-electron chi connectivity index (χ1n) is 18.9. The van der Waals surface area contributed by atoms with Crippen LogP contribution in [-0.4, -0.2) is 18.5 Å². The quantitative estimate of drug-likeness (QED) is 0.180. The van der Waals surface area contributed by atoms with Crippen molar-refractivity contribution in [1.29, 1.82) is 0 Å². The van der Waals surface area contributed by atoms with Gasteiger partial charge in [0.1, 0.15) is 5.65 Å². The van der Waals surface area contributed by atoms with E-state index >= 15 is 0 Å². The molecule has 55 heavy (non-hydrogen) atoms. The summed E-state index contributed by atoms with van der Waals surface area (Å²) in [7, 11) is 0. The van der Waals surface area contributed by atoms with Gasteiger partial charge in [-0.05, 0) is 90.0 Å². The molecule has 0 saturated carbocycles. The predicted octanol–water partition coefficient (Wildman–Crippen LogP) is 13.2. The Morgan fingerprint density at radius 3 is 1.60 bits per heavy atom. The molecule has 254 valence electrons. The van der Waals surface area contributed by atoms with Gasteiger partial charge in [-0.1, -0.05) is 103 Å². The van der Waals surface area contributed by atoms with Gasteiger partial charge in [-0.2, -0.15) is 0 Å². The summed E-state index contributed by atoms with van der Waals surface area (Å²) in [4.78, 5) is 5.21. The first-order valence-corrected chi connectivity index (χ1v) is 18.9. The Labute approximate surface area is 314 Å². The summed E-state index contributed by atoms with van der Waals surface area (Å²) in [5, 5.41) is 11.1. The summed E-state index contributed by atoms with van der Waals surface area (Å²) < 4.78 is 7.18. The van der Waals surface area contributed by atoms with Crippen LogP contribution in [0.15, 0.2) is 182 Å². The van der Waals surface area contributed by atoms with Crippen LogP contribution < -0.4 is 0 Å². The van der Waals surface area contributed by atoms with Crippen LogP contribution in [-0.2, 0) is 0 Å². The maximum Gasteiger partial charge on any atom is 0.146 e. The normalized spacial score (nSPS) is 12.4. The monoisotopic (exact) mass is 698 g/mol. The highest BCUT2D eigenvalue weighted by molar-refractivity contribution is 6.24. The summed E-state index contributed by atoms with van der Waals surface area (Å²) in [6.45, 7) is 0. The molecule has 13 rings (SSSR count). The molecule has 0 N–H and O–H groups in total. The highest BCUT2D eigenvalue weighted by Crippen LogP contribution is 2.42. The van der Waals surface area contributed by atoms with E-state index in [-0.39, 0.29) is 0 Å². The molecule has 8 aromatic carbocycles. The van der Waals surface area contributed by atoms with Gasteiger partial charge < -0.3 is 9.13 Å². The van der Waals surface area contributed by atoms with Crippen molar-refractivity contribution in [2.75, 3.05) is 0 Å². The Balaban J connectivity index is 1.01. The maximum absolute atomic E-state index is 5.21. The van der Waals surface area contributed by atoms with Crippen LogP contribution in [0.2, 0.25) is 0 Å². The number of rotatable bonds is 3. The van der Waals surface area contributed by atoms with Crippen molar-refractivity contribution in [2.24, 2.45) is 0 Å². The van der Waals surface area contributed by atoms with Crippen LogP contribution in [0.5, 0.6) is 0 Å². The van der Waals surface area contributed by atoms with E-state index in [1.165, 1.54) is 98.4 Å². The minimum Gasteiger partial charge on any atom is -0.309 e. The van der Waals surface area contributed by atoms with Crippen molar-refractivity contribution in [1.82, 2.24) is 18.5 Å². The number of hydrogen-bond donors (Lipinski definition) is 0. The van der Waals surface area contributed by atoms with Crippen molar-refractivity contribution in [3.8, 4) is 22.5 Å². The molecule has 0 bridgehead atoms. The second-order valence-corrected chi connectivity index (χ2v) is 14.8. The zero-order valence-electron chi connectivity index (χ0n) is 29.6. The molecule has 0 fully saturated rings. The van der Waals surface area contributed by atoms with Crippen LogP contribution in [0.25, 0.3) is 115 Å². The van der Waals surface area contributed by atoms with Gasteiger partial charge in [-0.3, -0.25) is 4.40 Å². The van der Waals surface area contributed by atoms with Crippen LogP contribution in [0.4, 0.5) is 0 Å². The Morgan fingerprint density at radius 2 is 0.873 bits per heavy atom. The van der Waals surface area contributed by atoms with Crippen molar-refractivity contribution in [3.63, 3.8) is 0 Å². The molecule has 4 nitrogen and oxygen atoms in total. The molecule has 0 aliphatic carbocycles. The molecule has 0 saturated heterocycles. The predicted molar refractivity (Wildman–Crippen MR) is 231 cm³/mol. The molecule has 0 amide bonds. The average Bonchev–Trinajstić information content (AvgIpc) is 3.97. The van der Waals surface area contributed by atoms with Gasteiger partial charge in [0.25, 0.3) is 0 Å². The number of benzene rings is 8. The lowest BCUT2D eigenvalue weighted by molar-refractivity contribution is 1.18. The van der Waals surface area contributed by atoms with Crippen molar-refractivity contribution >= 4 is 92.7 Å². The van der Waals surface area contributed by atoms with E-state index in [0.29, 0.717) is 0 Å². The number of pyridine rings is 1. The van der Waals surface area contributed by atoms with Crippen LogP contribution in [0.1, 0.15) is 0 Å². The van der Waals surface area contributed by atoms with Gasteiger partial charge in [0, 0.05) is 59.9 Å². The van der Waals surface area contributed by atoms with Crippen LogP contribution in [0, 0.1) is 0 Å². The van der Waals surface area contributed by atoms with Crippen molar-refractivity contribution < 1.29 is 0 Å². The molecule has 5 aromatic heterocycles. The second-order valence-electron chi connectivity index (χ2n) is 14.8. The zero-order valence-corrected chi connectivity index (χ0v) is 29.6. The van der Waals surface area contributed by atoms with Gasteiger partial charge in [0.15, 0.2) is 0 Å². The molecule has 0 atom stereocenters. The Hall–Kier alpha value is -7.43. The van der Waals surface area contributed by atoms with Crippen LogP contribution >= 0.6 is 0 Å². The van der Waals surface area contributed by atoms with E-state index in [1.54, 1.807) is 0 Å². The van der Waals surface area contributed by atoms with E-state index < -0.39 is 0 Å². The second kappa shape index (κ2) is 10.6. The van der Waals surface area contributed by atoms with E-state index in [4.69, 9.17) is 4.98 Å². The molecular formula is C51H30N4.